The Morgan fingerprint density at radius 3 is 2.64 bits per heavy atom. The van der Waals surface area contributed by atoms with E-state index in [0.29, 0.717) is 17.1 Å². The zero-order valence-electron chi connectivity index (χ0n) is 13.0. The highest BCUT2D eigenvalue weighted by Gasteiger charge is 2.11. The van der Waals surface area contributed by atoms with E-state index in [0.717, 1.165) is 0 Å². The van der Waals surface area contributed by atoms with Gasteiger partial charge in [0.25, 0.3) is 0 Å². The van der Waals surface area contributed by atoms with Crippen molar-refractivity contribution in [3.8, 4) is 11.6 Å². The largest absolute Gasteiger partial charge is 0.435 e. The number of alkyl halides is 2. The van der Waals surface area contributed by atoms with Crippen LogP contribution in [0.3, 0.4) is 0 Å². The number of anilines is 1. The lowest BCUT2D eigenvalue weighted by Gasteiger charge is -2.10. The summed E-state index contributed by atoms with van der Waals surface area (Å²) >= 11 is 0. The van der Waals surface area contributed by atoms with Gasteiger partial charge < -0.3 is 10.1 Å². The van der Waals surface area contributed by atoms with Gasteiger partial charge in [0, 0.05) is 18.6 Å². The number of rotatable bonds is 6. The first-order valence-corrected chi connectivity index (χ1v) is 7.40. The number of nitrogens with zero attached hydrogens (tertiary/aromatic N) is 3. The molecule has 2 aromatic heterocycles. The Hall–Kier alpha value is -3.29. The van der Waals surface area contributed by atoms with Crippen LogP contribution in [0.25, 0.3) is 5.82 Å². The topological polar surface area (TPSA) is 69.0 Å². The van der Waals surface area contributed by atoms with Crippen molar-refractivity contribution in [3.05, 3.63) is 66.6 Å². The molecule has 0 fully saturated rings. The van der Waals surface area contributed by atoms with E-state index in [-0.39, 0.29) is 18.1 Å². The van der Waals surface area contributed by atoms with Crippen molar-refractivity contribution in [2.24, 2.45) is 0 Å². The highest BCUT2D eigenvalue weighted by molar-refractivity contribution is 5.93. The van der Waals surface area contributed by atoms with Crippen LogP contribution in [0.15, 0.2) is 61.1 Å². The minimum atomic E-state index is -2.87. The second kappa shape index (κ2) is 7.52. The predicted molar refractivity (Wildman–Crippen MR) is 86.8 cm³/mol. The summed E-state index contributed by atoms with van der Waals surface area (Å²) < 4.78 is 30.1. The molecule has 128 valence electrons. The molecule has 0 aliphatic heterocycles. The van der Waals surface area contributed by atoms with Gasteiger partial charge in [0.15, 0.2) is 5.82 Å². The van der Waals surface area contributed by atoms with Crippen molar-refractivity contribution >= 4 is 11.6 Å². The molecule has 0 aliphatic rings. The van der Waals surface area contributed by atoms with E-state index in [1.165, 1.54) is 12.1 Å². The third-order valence-electron chi connectivity index (χ3n) is 3.30. The van der Waals surface area contributed by atoms with Gasteiger partial charge in [0.2, 0.25) is 5.91 Å². The lowest BCUT2D eigenvalue weighted by molar-refractivity contribution is -0.115. The number of pyridine rings is 1. The molecule has 25 heavy (non-hydrogen) atoms. The van der Waals surface area contributed by atoms with Crippen LogP contribution in [0.4, 0.5) is 14.5 Å². The Kier molecular flexibility index (Phi) is 4.98. The van der Waals surface area contributed by atoms with Gasteiger partial charge in [-0.05, 0) is 35.9 Å². The summed E-state index contributed by atoms with van der Waals surface area (Å²) in [5.74, 6) is 0.290. The highest BCUT2D eigenvalue weighted by Crippen LogP contribution is 2.18. The van der Waals surface area contributed by atoms with Crippen LogP contribution in [-0.4, -0.2) is 27.3 Å². The van der Waals surface area contributed by atoms with Crippen LogP contribution in [0.2, 0.25) is 0 Å². The molecule has 3 aromatic rings. The molecule has 1 aromatic carbocycles. The van der Waals surface area contributed by atoms with Crippen LogP contribution in [0, 0.1) is 0 Å². The Bertz CT molecular complexity index is 836. The fourth-order valence-electron chi connectivity index (χ4n) is 2.24. The molecule has 8 heteroatoms. The lowest BCUT2D eigenvalue weighted by atomic mass is 10.1. The summed E-state index contributed by atoms with van der Waals surface area (Å²) in [5, 5.41) is 6.88. The maximum atomic E-state index is 12.2. The zero-order chi connectivity index (χ0) is 17.6. The fourth-order valence-corrected chi connectivity index (χ4v) is 2.24. The number of hydrogen-bond acceptors (Lipinski definition) is 4. The van der Waals surface area contributed by atoms with Gasteiger partial charge in [0.1, 0.15) is 5.75 Å². The fraction of sp³-hybridized carbons (Fsp3) is 0.118. The molecule has 0 radical (unpaired) electrons. The van der Waals surface area contributed by atoms with Crippen LogP contribution < -0.4 is 10.1 Å². The van der Waals surface area contributed by atoms with Gasteiger partial charge in [-0.15, -0.1) is 0 Å². The molecule has 0 unspecified atom stereocenters. The van der Waals surface area contributed by atoms with Crippen LogP contribution >= 0.6 is 0 Å². The highest BCUT2D eigenvalue weighted by atomic mass is 19.3. The summed E-state index contributed by atoms with van der Waals surface area (Å²) in [4.78, 5) is 16.5. The first-order valence-electron chi connectivity index (χ1n) is 7.40. The third-order valence-corrected chi connectivity index (χ3v) is 3.30. The second-order valence-electron chi connectivity index (χ2n) is 5.07. The predicted octanol–water partition coefficient (Wildman–Crippen LogP) is 3.05. The normalized spacial score (nSPS) is 10.7. The molecule has 1 amide bonds. The number of carbonyl (C=O) groups is 1. The summed E-state index contributed by atoms with van der Waals surface area (Å²) in [6, 6.07) is 11.1. The summed E-state index contributed by atoms with van der Waals surface area (Å²) in [6.07, 6.45) is 5.03. The molecule has 2 heterocycles. The summed E-state index contributed by atoms with van der Waals surface area (Å²) in [7, 11) is 0. The van der Waals surface area contributed by atoms with Crippen molar-refractivity contribution < 1.29 is 18.3 Å². The number of amides is 1. The van der Waals surface area contributed by atoms with E-state index >= 15 is 0 Å². The first-order chi connectivity index (χ1) is 12.1. The molecule has 0 bridgehead atoms. The number of benzene rings is 1. The van der Waals surface area contributed by atoms with E-state index in [1.54, 1.807) is 53.6 Å². The average molecular weight is 344 g/mol. The molecule has 0 saturated heterocycles. The van der Waals surface area contributed by atoms with E-state index in [9.17, 15) is 13.6 Å². The Balaban J connectivity index is 1.67. The van der Waals surface area contributed by atoms with Crippen molar-refractivity contribution in [1.29, 1.82) is 0 Å². The summed E-state index contributed by atoms with van der Waals surface area (Å²) in [6.45, 7) is -2.87. The smallest absolute Gasteiger partial charge is 0.387 e. The molecule has 0 spiro atoms. The van der Waals surface area contributed by atoms with E-state index in [2.05, 4.69) is 20.1 Å². The monoisotopic (exact) mass is 344 g/mol. The van der Waals surface area contributed by atoms with Gasteiger partial charge in [-0.3, -0.25) is 4.79 Å². The molecular formula is C17H14F2N4O2. The minimum Gasteiger partial charge on any atom is -0.435 e. The second-order valence-corrected chi connectivity index (χ2v) is 5.07. The van der Waals surface area contributed by atoms with E-state index in [1.807, 2.05) is 0 Å². The third kappa shape index (κ3) is 4.37. The standard InChI is InChI=1S/C17H14F2N4O2/c18-17(19)25-13-6-4-12(5-7-13)11-15(24)22-14-3-1-8-20-16(14)23-10-2-9-21-23/h1-10,17H,11H2,(H,22,24). The molecule has 0 saturated carbocycles. The Morgan fingerprint density at radius 1 is 1.16 bits per heavy atom. The zero-order valence-corrected chi connectivity index (χ0v) is 13.0. The average Bonchev–Trinajstić information content (AvgIpc) is 3.11. The number of ether oxygens (including phenoxy) is 1. The van der Waals surface area contributed by atoms with Gasteiger partial charge in [0.05, 0.1) is 12.1 Å². The number of nitrogens with one attached hydrogen (secondary N) is 1. The SMILES string of the molecule is O=C(Cc1ccc(OC(F)F)cc1)Nc1cccnc1-n1cccn1. The van der Waals surface area contributed by atoms with E-state index in [4.69, 9.17) is 0 Å². The lowest BCUT2D eigenvalue weighted by Crippen LogP contribution is -2.16. The maximum absolute atomic E-state index is 12.2. The van der Waals surface area contributed by atoms with Crippen molar-refractivity contribution in [2.45, 2.75) is 13.0 Å². The number of aromatic nitrogens is 3. The molecule has 0 atom stereocenters. The Morgan fingerprint density at radius 2 is 1.96 bits per heavy atom. The quantitative estimate of drug-likeness (QED) is 0.746. The first kappa shape index (κ1) is 16.6. The van der Waals surface area contributed by atoms with Crippen molar-refractivity contribution in [2.75, 3.05) is 5.32 Å². The van der Waals surface area contributed by atoms with Gasteiger partial charge in [-0.25, -0.2) is 9.67 Å². The van der Waals surface area contributed by atoms with Gasteiger partial charge in [-0.2, -0.15) is 13.9 Å². The molecular weight excluding hydrogens is 330 g/mol. The Labute approximate surface area is 142 Å². The molecule has 1 N–H and O–H groups in total. The number of carbonyl (C=O) groups excluding carboxylic acids is 1. The van der Waals surface area contributed by atoms with Crippen LogP contribution in [0.1, 0.15) is 5.56 Å². The maximum Gasteiger partial charge on any atom is 0.387 e. The van der Waals surface area contributed by atoms with Crippen LogP contribution in [-0.2, 0) is 11.2 Å². The van der Waals surface area contributed by atoms with Crippen molar-refractivity contribution in [1.82, 2.24) is 14.8 Å². The number of halogens is 2. The molecule has 3 rings (SSSR count). The van der Waals surface area contributed by atoms with Gasteiger partial charge in [-0.1, -0.05) is 12.1 Å². The van der Waals surface area contributed by atoms with Crippen molar-refractivity contribution in [3.63, 3.8) is 0 Å². The number of hydrogen-bond donors (Lipinski definition) is 1. The van der Waals surface area contributed by atoms with Gasteiger partial charge >= 0.3 is 6.61 Å². The molecule has 6 nitrogen and oxygen atoms in total. The molecule has 0 aliphatic carbocycles. The van der Waals surface area contributed by atoms with Crippen LogP contribution in [0.5, 0.6) is 5.75 Å². The summed E-state index contributed by atoms with van der Waals surface area (Å²) in [5.41, 5.74) is 1.19. The van der Waals surface area contributed by atoms with E-state index < -0.39 is 6.61 Å². The minimum absolute atomic E-state index is 0.0485.